The second-order valence-corrected chi connectivity index (χ2v) is 14.3. The van der Waals surface area contributed by atoms with Gasteiger partial charge in [0.05, 0.1) is 0 Å². The molecule has 0 aliphatic carbocycles. The van der Waals surface area contributed by atoms with Gasteiger partial charge in [-0.25, -0.2) is 5.43 Å². The van der Waals surface area contributed by atoms with E-state index in [9.17, 15) is 0 Å². The lowest BCUT2D eigenvalue weighted by Gasteiger charge is -2.54. The van der Waals surface area contributed by atoms with Crippen LogP contribution < -0.4 is 5.43 Å². The summed E-state index contributed by atoms with van der Waals surface area (Å²) in [5.74, 6) is 0.0388. The van der Waals surface area contributed by atoms with Gasteiger partial charge in [0.2, 0.25) is 0 Å². The zero-order valence-corrected chi connectivity index (χ0v) is 28.6. The average Bonchev–Trinajstić information content (AvgIpc) is 3.85. The normalized spacial score (nSPS) is 20.6. The fraction of sp³-hybridized carbons (Fsp3) is 0.973. The van der Waals surface area contributed by atoms with Crippen LogP contribution in [0.3, 0.4) is 0 Å². The molecule has 1 atom stereocenters. The van der Waals surface area contributed by atoms with Crippen LogP contribution in [0.2, 0.25) is 0 Å². The lowest BCUT2D eigenvalue weighted by Crippen LogP contribution is -2.66. The van der Waals surface area contributed by atoms with Crippen LogP contribution in [-0.2, 0) is 0 Å². The molecule has 3 fully saturated rings. The van der Waals surface area contributed by atoms with Gasteiger partial charge in [0, 0.05) is 31.6 Å². The minimum absolute atomic E-state index is 0.0388. The van der Waals surface area contributed by atoms with Crippen molar-refractivity contribution >= 4 is 0 Å². The number of nitrogens with one attached hydrogen (secondary N) is 1. The van der Waals surface area contributed by atoms with Gasteiger partial charge in [-0.1, -0.05) is 163 Å². The molecule has 0 aromatic carbocycles. The molecule has 1 radical (unpaired) electrons. The molecule has 3 rings (SSSR count). The van der Waals surface area contributed by atoms with E-state index in [-0.39, 0.29) is 16.9 Å². The molecule has 241 valence electrons. The van der Waals surface area contributed by atoms with Crippen LogP contribution in [0.15, 0.2) is 0 Å². The summed E-state index contributed by atoms with van der Waals surface area (Å²) in [4.78, 5) is 5.79. The number of nitrogens with zero attached hydrogens (tertiary/aromatic N) is 3. The van der Waals surface area contributed by atoms with E-state index in [4.69, 9.17) is 6.92 Å². The summed E-state index contributed by atoms with van der Waals surface area (Å²) in [5, 5.41) is 2.91. The van der Waals surface area contributed by atoms with Crippen molar-refractivity contribution in [3.05, 3.63) is 6.92 Å². The van der Waals surface area contributed by atoms with Crippen LogP contribution in [0, 0.1) is 12.3 Å². The zero-order chi connectivity index (χ0) is 29.4. The van der Waals surface area contributed by atoms with Gasteiger partial charge in [-0.2, -0.15) is 5.01 Å². The van der Waals surface area contributed by atoms with Crippen molar-refractivity contribution in [2.45, 2.75) is 200 Å². The summed E-state index contributed by atoms with van der Waals surface area (Å²) in [7, 11) is 0. The summed E-state index contributed by atoms with van der Waals surface area (Å²) >= 11 is 0. The van der Waals surface area contributed by atoms with Crippen LogP contribution in [0.5, 0.6) is 0 Å². The zero-order valence-electron chi connectivity index (χ0n) is 28.6. The number of hydrazine groups is 1. The lowest BCUT2D eigenvalue weighted by molar-refractivity contribution is -0.153. The summed E-state index contributed by atoms with van der Waals surface area (Å²) in [5.41, 5.74) is 4.68. The number of hydrogen-bond acceptors (Lipinski definition) is 4. The minimum Gasteiger partial charge on any atom is -0.269 e. The highest BCUT2D eigenvalue weighted by atomic mass is 15.9. The molecule has 0 aromatic rings. The molecule has 3 aliphatic heterocycles. The topological polar surface area (TPSA) is 31.0 Å². The second-order valence-electron chi connectivity index (χ2n) is 14.3. The van der Waals surface area contributed by atoms with Gasteiger partial charge >= 0.3 is 0 Å². The highest BCUT2D eigenvalue weighted by Crippen LogP contribution is 2.60. The number of unbranched alkanes of at least 4 members (excludes halogenated alkanes) is 16. The van der Waals surface area contributed by atoms with E-state index in [1.807, 2.05) is 0 Å². The van der Waals surface area contributed by atoms with E-state index in [0.717, 1.165) is 6.42 Å². The van der Waals surface area contributed by atoms with Crippen molar-refractivity contribution in [2.75, 3.05) is 26.2 Å². The molecule has 0 saturated carbocycles. The van der Waals surface area contributed by atoms with Gasteiger partial charge in [-0.05, 0) is 32.1 Å². The Morgan fingerprint density at radius 2 is 0.902 bits per heavy atom. The fourth-order valence-electron chi connectivity index (χ4n) is 8.19. The highest BCUT2D eigenvalue weighted by molar-refractivity contribution is 5.18. The Hall–Kier alpha value is -0.160. The van der Waals surface area contributed by atoms with Gasteiger partial charge in [0.1, 0.15) is 5.66 Å². The lowest BCUT2D eigenvalue weighted by atomic mass is 9.68. The van der Waals surface area contributed by atoms with Gasteiger partial charge in [0.25, 0.3) is 0 Å². The molecule has 1 N–H and O–H groups in total. The molecule has 3 heterocycles. The van der Waals surface area contributed by atoms with E-state index in [2.05, 4.69) is 47.9 Å². The van der Waals surface area contributed by atoms with Crippen molar-refractivity contribution in [2.24, 2.45) is 5.41 Å². The first-order valence-electron chi connectivity index (χ1n) is 19.0. The Balaban J connectivity index is 1.85. The Kier molecular flexibility index (Phi) is 16.0. The van der Waals surface area contributed by atoms with Gasteiger partial charge in [-0.15, -0.1) is 0 Å². The molecule has 0 amide bonds. The smallest absolute Gasteiger partial charge is 0.151 e. The average molecular weight is 574 g/mol. The molecule has 4 heteroatoms. The van der Waals surface area contributed by atoms with E-state index in [0.29, 0.717) is 0 Å². The van der Waals surface area contributed by atoms with Gasteiger partial charge < -0.3 is 0 Å². The molecular formula is C37H73N4. The van der Waals surface area contributed by atoms with Crippen LogP contribution in [0.1, 0.15) is 188 Å². The van der Waals surface area contributed by atoms with E-state index < -0.39 is 0 Å². The third-order valence-electron chi connectivity index (χ3n) is 10.9. The quantitative estimate of drug-likeness (QED) is 0.0712. The highest BCUT2D eigenvalue weighted by Gasteiger charge is 2.73. The third-order valence-corrected chi connectivity index (χ3v) is 10.9. The van der Waals surface area contributed by atoms with Crippen LogP contribution in [0.25, 0.3) is 0 Å². The van der Waals surface area contributed by atoms with E-state index >= 15 is 0 Å². The molecule has 41 heavy (non-hydrogen) atoms. The maximum atomic E-state index is 4.82. The molecule has 3 aliphatic rings. The van der Waals surface area contributed by atoms with E-state index in [1.54, 1.807) is 0 Å². The Morgan fingerprint density at radius 1 is 0.537 bits per heavy atom. The maximum Gasteiger partial charge on any atom is 0.151 e. The van der Waals surface area contributed by atoms with Gasteiger partial charge in [0.15, 0.2) is 5.79 Å². The first-order chi connectivity index (χ1) is 20.1. The molecule has 0 bridgehead atoms. The summed E-state index contributed by atoms with van der Waals surface area (Å²) in [6.45, 7) is 19.3. The second kappa shape index (κ2) is 18.6. The summed E-state index contributed by atoms with van der Waals surface area (Å²) in [6.07, 6.45) is 34.1. The summed E-state index contributed by atoms with van der Waals surface area (Å²) < 4.78 is 0. The largest absolute Gasteiger partial charge is 0.269 e. The fourth-order valence-corrected chi connectivity index (χ4v) is 8.19. The van der Waals surface area contributed by atoms with E-state index in [1.165, 1.54) is 180 Å². The number of hydrogen-bond donors (Lipinski definition) is 1. The van der Waals surface area contributed by atoms with Crippen molar-refractivity contribution < 1.29 is 0 Å². The minimum atomic E-state index is 0.0388. The standard InChI is InChI=1S/C37H73N4/c1-6-11-15-19-23-27-35(10-5,28-24-20-16-12-7-2)37(39-31-32-39,40-33-34-40)41-36(38-41,29-25-21-17-13-8-3)30-26-22-18-14-9-4/h38H,5-34H2,1-4H3. The molecule has 0 spiro atoms. The maximum absolute atomic E-state index is 4.82. The third kappa shape index (κ3) is 9.66. The van der Waals surface area contributed by atoms with Gasteiger partial charge in [-0.3, -0.25) is 9.80 Å². The molecule has 0 aromatic heterocycles. The molecule has 3 saturated heterocycles. The molecule has 1 unspecified atom stereocenters. The Bertz CT molecular complexity index is 630. The Labute approximate surface area is 258 Å². The van der Waals surface area contributed by atoms with Crippen molar-refractivity contribution in [3.8, 4) is 0 Å². The van der Waals surface area contributed by atoms with Crippen LogP contribution >= 0.6 is 0 Å². The SMILES string of the molecule is [CH2]CC(CCCCCCC)(CCCCCCC)C(N1CC1)(N1CC1)N1NC1(CCCCCCC)CCCCCCC. The first kappa shape index (κ1) is 35.3. The molecule has 4 nitrogen and oxygen atoms in total. The molecular weight excluding hydrogens is 500 g/mol. The monoisotopic (exact) mass is 574 g/mol. The summed E-state index contributed by atoms with van der Waals surface area (Å²) in [6, 6.07) is 0. The van der Waals surface area contributed by atoms with Crippen molar-refractivity contribution in [3.63, 3.8) is 0 Å². The predicted octanol–water partition coefficient (Wildman–Crippen LogP) is 10.4. The predicted molar refractivity (Wildman–Crippen MR) is 179 cm³/mol. The first-order valence-corrected chi connectivity index (χ1v) is 19.0. The van der Waals surface area contributed by atoms with Crippen LogP contribution in [-0.4, -0.2) is 52.4 Å². The van der Waals surface area contributed by atoms with Crippen molar-refractivity contribution in [1.29, 1.82) is 0 Å². The number of rotatable bonds is 29. The van der Waals surface area contributed by atoms with Crippen molar-refractivity contribution in [1.82, 2.24) is 20.2 Å². The Morgan fingerprint density at radius 3 is 1.24 bits per heavy atom. The van der Waals surface area contributed by atoms with Crippen LogP contribution in [0.4, 0.5) is 0 Å².